The van der Waals surface area contributed by atoms with Gasteiger partial charge in [0, 0.05) is 37.2 Å². The second-order valence-corrected chi connectivity index (χ2v) is 7.18. The van der Waals surface area contributed by atoms with Crippen LogP contribution >= 0.6 is 0 Å². The molecule has 0 aliphatic carbocycles. The van der Waals surface area contributed by atoms with Crippen LogP contribution < -0.4 is 5.32 Å². The molecule has 2 atom stereocenters. The number of hydrogen-bond donors (Lipinski definition) is 1. The standard InChI is InChI=1S/C16H24N2O2S/c1-14(19)17-12-15-6-5-9-18(13-15)10-11-21(20)16-7-3-2-4-8-16/h2-4,7-8,15H,5-6,9-13H2,1H3,(H,17,19). The molecule has 116 valence electrons. The van der Waals surface area contributed by atoms with E-state index in [2.05, 4.69) is 10.2 Å². The Balaban J connectivity index is 1.75. The maximum Gasteiger partial charge on any atom is 0.216 e. The van der Waals surface area contributed by atoms with Crippen molar-refractivity contribution in [3.05, 3.63) is 30.3 Å². The van der Waals surface area contributed by atoms with Crippen molar-refractivity contribution in [3.8, 4) is 0 Å². The van der Waals surface area contributed by atoms with E-state index in [1.807, 2.05) is 30.3 Å². The second kappa shape index (κ2) is 8.29. The Kier molecular flexibility index (Phi) is 6.39. The van der Waals surface area contributed by atoms with Crippen LogP contribution in [-0.2, 0) is 15.6 Å². The number of piperidine rings is 1. The third kappa shape index (κ3) is 5.59. The highest BCUT2D eigenvalue weighted by molar-refractivity contribution is 7.85. The first-order valence-corrected chi connectivity index (χ1v) is 8.87. The van der Waals surface area contributed by atoms with Gasteiger partial charge in [-0.05, 0) is 37.4 Å². The van der Waals surface area contributed by atoms with E-state index in [1.54, 1.807) is 6.92 Å². The lowest BCUT2D eigenvalue weighted by Gasteiger charge is -2.32. The van der Waals surface area contributed by atoms with Gasteiger partial charge < -0.3 is 10.2 Å². The number of nitrogens with zero attached hydrogens (tertiary/aromatic N) is 1. The normalized spacial score (nSPS) is 20.9. The van der Waals surface area contributed by atoms with Crippen molar-refractivity contribution in [1.29, 1.82) is 0 Å². The zero-order valence-electron chi connectivity index (χ0n) is 12.6. The summed E-state index contributed by atoms with van der Waals surface area (Å²) in [6.07, 6.45) is 2.32. The minimum Gasteiger partial charge on any atom is -0.356 e. The predicted molar refractivity (Wildman–Crippen MR) is 85.6 cm³/mol. The van der Waals surface area contributed by atoms with Crippen LogP contribution in [0.2, 0.25) is 0 Å². The molecule has 21 heavy (non-hydrogen) atoms. The highest BCUT2D eigenvalue weighted by atomic mass is 32.2. The zero-order chi connectivity index (χ0) is 15.1. The van der Waals surface area contributed by atoms with Gasteiger partial charge in [-0.1, -0.05) is 18.2 Å². The average molecular weight is 308 g/mol. The van der Waals surface area contributed by atoms with Crippen LogP contribution in [0, 0.1) is 5.92 Å². The molecule has 0 saturated carbocycles. The van der Waals surface area contributed by atoms with Crippen molar-refractivity contribution in [2.24, 2.45) is 5.92 Å². The highest BCUT2D eigenvalue weighted by Gasteiger charge is 2.20. The predicted octanol–water partition coefficient (Wildman–Crippen LogP) is 1.64. The fourth-order valence-electron chi connectivity index (χ4n) is 2.71. The third-order valence-electron chi connectivity index (χ3n) is 3.84. The summed E-state index contributed by atoms with van der Waals surface area (Å²) in [6.45, 7) is 5.24. The lowest BCUT2D eigenvalue weighted by Crippen LogP contribution is -2.41. The molecule has 2 unspecified atom stereocenters. The van der Waals surface area contributed by atoms with Gasteiger partial charge in [-0.25, -0.2) is 0 Å². The van der Waals surface area contributed by atoms with Crippen molar-refractivity contribution in [1.82, 2.24) is 10.2 Å². The van der Waals surface area contributed by atoms with Gasteiger partial charge in [0.1, 0.15) is 0 Å². The zero-order valence-corrected chi connectivity index (χ0v) is 13.4. The van der Waals surface area contributed by atoms with Gasteiger partial charge in [0.25, 0.3) is 0 Å². The summed E-state index contributed by atoms with van der Waals surface area (Å²) in [6, 6.07) is 9.64. The monoisotopic (exact) mass is 308 g/mol. The number of carbonyl (C=O) groups is 1. The summed E-state index contributed by atoms with van der Waals surface area (Å²) in [4.78, 5) is 14.3. The Bertz CT molecular complexity index is 478. The minimum absolute atomic E-state index is 0.0392. The molecular formula is C16H24N2O2S. The van der Waals surface area contributed by atoms with Gasteiger partial charge in [-0.15, -0.1) is 0 Å². The summed E-state index contributed by atoms with van der Waals surface area (Å²) in [7, 11) is -0.919. The van der Waals surface area contributed by atoms with Crippen molar-refractivity contribution < 1.29 is 9.00 Å². The molecule has 0 radical (unpaired) electrons. The van der Waals surface area contributed by atoms with Crippen molar-refractivity contribution in [2.75, 3.05) is 31.9 Å². The summed E-state index contributed by atoms with van der Waals surface area (Å²) >= 11 is 0. The molecule has 1 aromatic carbocycles. The first-order valence-electron chi connectivity index (χ1n) is 7.55. The Morgan fingerprint density at radius 1 is 1.38 bits per heavy atom. The van der Waals surface area contributed by atoms with Crippen molar-refractivity contribution >= 4 is 16.7 Å². The summed E-state index contributed by atoms with van der Waals surface area (Å²) in [5.41, 5.74) is 0. The van der Waals surface area contributed by atoms with Crippen LogP contribution in [0.5, 0.6) is 0 Å². The van der Waals surface area contributed by atoms with Gasteiger partial charge >= 0.3 is 0 Å². The number of benzene rings is 1. The molecule has 0 aromatic heterocycles. The molecule has 0 bridgehead atoms. The van der Waals surface area contributed by atoms with Crippen LogP contribution in [0.3, 0.4) is 0 Å². The number of nitrogens with one attached hydrogen (secondary N) is 1. The van der Waals surface area contributed by atoms with Gasteiger partial charge in [-0.2, -0.15) is 0 Å². The van der Waals surface area contributed by atoms with E-state index in [-0.39, 0.29) is 5.91 Å². The number of rotatable bonds is 6. The topological polar surface area (TPSA) is 49.4 Å². The minimum atomic E-state index is -0.919. The highest BCUT2D eigenvalue weighted by Crippen LogP contribution is 2.16. The van der Waals surface area contributed by atoms with Gasteiger partial charge in [-0.3, -0.25) is 9.00 Å². The van der Waals surface area contributed by atoms with E-state index in [0.29, 0.717) is 11.7 Å². The van der Waals surface area contributed by atoms with Gasteiger partial charge in [0.15, 0.2) is 0 Å². The maximum absolute atomic E-state index is 12.2. The molecule has 1 saturated heterocycles. The second-order valence-electron chi connectivity index (χ2n) is 5.61. The molecule has 5 heteroatoms. The molecule has 2 rings (SSSR count). The number of likely N-dealkylation sites (tertiary alicyclic amines) is 1. The third-order valence-corrected chi connectivity index (χ3v) is 5.19. The quantitative estimate of drug-likeness (QED) is 0.869. The molecule has 1 aromatic rings. The van der Waals surface area contributed by atoms with Gasteiger partial charge in [0.05, 0.1) is 10.8 Å². The molecule has 1 N–H and O–H groups in total. The first kappa shape index (κ1) is 16.2. The van der Waals surface area contributed by atoms with E-state index >= 15 is 0 Å². The van der Waals surface area contributed by atoms with E-state index in [0.717, 1.165) is 37.5 Å². The van der Waals surface area contributed by atoms with Crippen LogP contribution in [-0.4, -0.2) is 46.9 Å². The first-order chi connectivity index (χ1) is 10.1. The largest absolute Gasteiger partial charge is 0.356 e. The van der Waals surface area contributed by atoms with Crippen molar-refractivity contribution in [3.63, 3.8) is 0 Å². The lowest BCUT2D eigenvalue weighted by atomic mass is 9.98. The van der Waals surface area contributed by atoms with E-state index in [9.17, 15) is 9.00 Å². The van der Waals surface area contributed by atoms with E-state index < -0.39 is 10.8 Å². The van der Waals surface area contributed by atoms with E-state index in [1.165, 1.54) is 6.42 Å². The van der Waals surface area contributed by atoms with E-state index in [4.69, 9.17) is 0 Å². The van der Waals surface area contributed by atoms with Crippen molar-refractivity contribution in [2.45, 2.75) is 24.7 Å². The number of carbonyl (C=O) groups excluding carboxylic acids is 1. The molecule has 0 spiro atoms. The number of hydrogen-bond acceptors (Lipinski definition) is 3. The molecule has 1 heterocycles. The van der Waals surface area contributed by atoms with Crippen LogP contribution in [0.15, 0.2) is 35.2 Å². The molecular weight excluding hydrogens is 284 g/mol. The Morgan fingerprint density at radius 3 is 2.86 bits per heavy atom. The van der Waals surface area contributed by atoms with Gasteiger partial charge in [0.2, 0.25) is 5.91 Å². The molecule has 1 amide bonds. The summed E-state index contributed by atoms with van der Waals surface area (Å²) in [5.74, 6) is 1.24. The van der Waals surface area contributed by atoms with Crippen LogP contribution in [0.25, 0.3) is 0 Å². The lowest BCUT2D eigenvalue weighted by molar-refractivity contribution is -0.119. The fourth-order valence-corrected chi connectivity index (χ4v) is 3.83. The summed E-state index contributed by atoms with van der Waals surface area (Å²) in [5, 5.41) is 2.90. The molecule has 1 aliphatic rings. The van der Waals surface area contributed by atoms with Crippen LogP contribution in [0.1, 0.15) is 19.8 Å². The number of amides is 1. The smallest absolute Gasteiger partial charge is 0.216 e. The Morgan fingerprint density at radius 2 is 2.14 bits per heavy atom. The Hall–Kier alpha value is -1.20. The van der Waals surface area contributed by atoms with Crippen LogP contribution in [0.4, 0.5) is 0 Å². The Labute approximate surface area is 129 Å². The fraction of sp³-hybridized carbons (Fsp3) is 0.562. The SMILES string of the molecule is CC(=O)NCC1CCCN(CCS(=O)c2ccccc2)C1. The average Bonchev–Trinajstić information content (AvgIpc) is 2.52. The molecule has 1 fully saturated rings. The molecule has 4 nitrogen and oxygen atoms in total. The maximum atomic E-state index is 12.2. The molecule has 1 aliphatic heterocycles. The summed E-state index contributed by atoms with van der Waals surface area (Å²) < 4.78 is 12.2.